The summed E-state index contributed by atoms with van der Waals surface area (Å²) in [5.41, 5.74) is 2.40. The molecule has 1 aromatic carbocycles. The summed E-state index contributed by atoms with van der Waals surface area (Å²) in [5.74, 6) is 0.447. The molecule has 0 saturated carbocycles. The quantitative estimate of drug-likeness (QED) is 0.420. The molecule has 0 fully saturated rings. The molecule has 10 heteroatoms. The molecule has 0 aliphatic rings. The Morgan fingerprint density at radius 2 is 1.84 bits per heavy atom. The van der Waals surface area contributed by atoms with Gasteiger partial charge in [-0.25, -0.2) is 22.7 Å². The average molecular weight is 479 g/mol. The van der Waals surface area contributed by atoms with Gasteiger partial charge in [0.15, 0.2) is 0 Å². The Labute approximate surface area is 191 Å². The van der Waals surface area contributed by atoms with Crippen molar-refractivity contribution in [2.75, 3.05) is 19.4 Å². The largest absolute Gasteiger partial charge is 0.325 e. The fourth-order valence-electron chi connectivity index (χ4n) is 2.96. The third-order valence-corrected chi connectivity index (χ3v) is 9.01. The molecule has 0 radical (unpaired) electrons. The van der Waals surface area contributed by atoms with Gasteiger partial charge in [-0.05, 0) is 57.9 Å². The standard InChI is InChI=1S/C21H26N4O3S3/c1-11-8-9-16(31(27,28)25(6)7)10-17(11)24-19(26)14(4)30-21-18-12(2)13(3)29-20(18)22-15(5)23-21/h8-10,14H,1-7H3,(H,24,26)/t14-/m1/s1. The van der Waals surface area contributed by atoms with Gasteiger partial charge in [0.25, 0.3) is 0 Å². The molecule has 7 nitrogen and oxygen atoms in total. The summed E-state index contributed by atoms with van der Waals surface area (Å²) in [5, 5.41) is 4.22. The van der Waals surface area contributed by atoms with E-state index >= 15 is 0 Å². The fraction of sp³-hybridized carbons (Fsp3) is 0.381. The number of benzene rings is 1. The summed E-state index contributed by atoms with van der Waals surface area (Å²) >= 11 is 3.01. The molecule has 0 bridgehead atoms. The van der Waals surface area contributed by atoms with Crippen molar-refractivity contribution in [3.8, 4) is 0 Å². The molecule has 0 aliphatic heterocycles. The number of thiophene rings is 1. The highest BCUT2D eigenvalue weighted by Crippen LogP contribution is 2.36. The monoisotopic (exact) mass is 478 g/mol. The molecule has 166 valence electrons. The molecule has 0 aliphatic carbocycles. The van der Waals surface area contributed by atoms with Crippen LogP contribution >= 0.6 is 23.1 Å². The minimum atomic E-state index is -3.59. The number of rotatable bonds is 6. The van der Waals surface area contributed by atoms with Gasteiger partial charge in [0.1, 0.15) is 15.7 Å². The van der Waals surface area contributed by atoms with Crippen molar-refractivity contribution in [2.45, 2.75) is 49.8 Å². The van der Waals surface area contributed by atoms with Crippen LogP contribution in [0.5, 0.6) is 0 Å². The number of aromatic nitrogens is 2. The fourth-order valence-corrected chi connectivity index (χ4v) is 6.08. The Kier molecular flexibility index (Phi) is 6.75. The maximum absolute atomic E-state index is 12.9. The van der Waals surface area contributed by atoms with E-state index < -0.39 is 15.3 Å². The Balaban J connectivity index is 1.87. The first kappa shape index (κ1) is 23.6. The number of sulfonamides is 1. The normalized spacial score (nSPS) is 13.0. The third-order valence-electron chi connectivity index (χ3n) is 5.01. The number of carbonyl (C=O) groups is 1. The maximum atomic E-state index is 12.9. The number of hydrogen-bond acceptors (Lipinski definition) is 7. The number of nitrogens with zero attached hydrogens (tertiary/aromatic N) is 3. The number of aryl methyl sites for hydroxylation is 4. The van der Waals surface area contributed by atoms with E-state index in [9.17, 15) is 13.2 Å². The third kappa shape index (κ3) is 4.77. The first-order chi connectivity index (χ1) is 14.4. The van der Waals surface area contributed by atoms with Crippen molar-refractivity contribution in [1.29, 1.82) is 0 Å². The minimum Gasteiger partial charge on any atom is -0.325 e. The summed E-state index contributed by atoms with van der Waals surface area (Å²) < 4.78 is 26.0. The molecule has 0 spiro atoms. The van der Waals surface area contributed by atoms with Crippen LogP contribution in [-0.2, 0) is 14.8 Å². The van der Waals surface area contributed by atoms with Crippen molar-refractivity contribution in [3.05, 3.63) is 40.0 Å². The van der Waals surface area contributed by atoms with Gasteiger partial charge in [-0.3, -0.25) is 4.79 Å². The van der Waals surface area contributed by atoms with Crippen LogP contribution in [0.4, 0.5) is 5.69 Å². The zero-order valence-electron chi connectivity index (χ0n) is 18.6. The summed E-state index contributed by atoms with van der Waals surface area (Å²) in [6.45, 7) is 9.58. The first-order valence-corrected chi connectivity index (χ1v) is 12.8. The Bertz CT molecular complexity index is 1270. The van der Waals surface area contributed by atoms with Crippen LogP contribution in [0.25, 0.3) is 10.2 Å². The van der Waals surface area contributed by atoms with Gasteiger partial charge < -0.3 is 5.32 Å². The van der Waals surface area contributed by atoms with Crippen molar-refractivity contribution in [1.82, 2.24) is 14.3 Å². The predicted molar refractivity (Wildman–Crippen MR) is 128 cm³/mol. The number of carbonyl (C=O) groups excluding carboxylic acids is 1. The number of nitrogens with one attached hydrogen (secondary N) is 1. The molecule has 1 N–H and O–H groups in total. The molecule has 31 heavy (non-hydrogen) atoms. The minimum absolute atomic E-state index is 0.135. The van der Waals surface area contributed by atoms with E-state index in [0.717, 1.165) is 30.7 Å². The Morgan fingerprint density at radius 3 is 2.48 bits per heavy atom. The molecule has 0 unspecified atom stereocenters. The van der Waals surface area contributed by atoms with Gasteiger partial charge in [-0.2, -0.15) is 0 Å². The van der Waals surface area contributed by atoms with E-state index in [1.54, 1.807) is 23.5 Å². The van der Waals surface area contributed by atoms with Crippen LogP contribution in [0.15, 0.2) is 28.1 Å². The van der Waals surface area contributed by atoms with E-state index in [1.807, 2.05) is 27.7 Å². The van der Waals surface area contributed by atoms with E-state index in [-0.39, 0.29) is 10.8 Å². The van der Waals surface area contributed by atoms with Gasteiger partial charge in [-0.15, -0.1) is 11.3 Å². The van der Waals surface area contributed by atoms with E-state index in [2.05, 4.69) is 22.2 Å². The van der Waals surface area contributed by atoms with Crippen LogP contribution < -0.4 is 5.32 Å². The molecule has 2 heterocycles. The van der Waals surface area contributed by atoms with Crippen LogP contribution in [0.3, 0.4) is 0 Å². The van der Waals surface area contributed by atoms with Crippen LogP contribution in [0.2, 0.25) is 0 Å². The highest BCUT2D eigenvalue weighted by Gasteiger charge is 2.22. The van der Waals surface area contributed by atoms with Crippen molar-refractivity contribution >= 4 is 54.9 Å². The van der Waals surface area contributed by atoms with Gasteiger partial charge in [0, 0.05) is 30.0 Å². The van der Waals surface area contributed by atoms with Crippen LogP contribution in [0, 0.1) is 27.7 Å². The SMILES string of the molecule is Cc1nc(S[C@H](C)C(=O)Nc2cc(S(=O)(=O)N(C)C)ccc2C)c2c(C)c(C)sc2n1. The lowest BCUT2D eigenvalue weighted by molar-refractivity contribution is -0.115. The van der Waals surface area contributed by atoms with Gasteiger partial charge in [-0.1, -0.05) is 17.8 Å². The lowest BCUT2D eigenvalue weighted by Crippen LogP contribution is -2.24. The van der Waals surface area contributed by atoms with Crippen molar-refractivity contribution < 1.29 is 13.2 Å². The van der Waals surface area contributed by atoms with Gasteiger partial charge in [0.2, 0.25) is 15.9 Å². The topological polar surface area (TPSA) is 92.3 Å². The predicted octanol–water partition coefficient (Wildman–Crippen LogP) is 4.29. The first-order valence-electron chi connectivity index (χ1n) is 9.67. The molecule has 1 atom stereocenters. The smallest absolute Gasteiger partial charge is 0.242 e. The second kappa shape index (κ2) is 8.85. The highest BCUT2D eigenvalue weighted by molar-refractivity contribution is 8.00. The molecule has 3 rings (SSSR count). The number of thioether (sulfide) groups is 1. The Hall–Kier alpha value is -2.01. The molecule has 3 aromatic rings. The highest BCUT2D eigenvalue weighted by atomic mass is 32.2. The maximum Gasteiger partial charge on any atom is 0.242 e. The number of anilines is 1. The zero-order chi connectivity index (χ0) is 23.1. The van der Waals surface area contributed by atoms with Crippen LogP contribution in [0.1, 0.15) is 28.8 Å². The number of amides is 1. The second-order valence-electron chi connectivity index (χ2n) is 7.55. The molecule has 2 aromatic heterocycles. The molecule has 0 saturated heterocycles. The van der Waals surface area contributed by atoms with E-state index in [1.165, 1.54) is 36.8 Å². The average Bonchev–Trinajstić information content (AvgIpc) is 2.96. The van der Waals surface area contributed by atoms with Crippen LogP contribution in [-0.4, -0.2) is 47.9 Å². The summed E-state index contributed by atoms with van der Waals surface area (Å²) in [6.07, 6.45) is 0. The summed E-state index contributed by atoms with van der Waals surface area (Å²) in [7, 11) is -0.637. The van der Waals surface area contributed by atoms with Gasteiger partial charge >= 0.3 is 0 Å². The van der Waals surface area contributed by atoms with Crippen molar-refractivity contribution in [2.24, 2.45) is 0 Å². The molecule has 1 amide bonds. The number of fused-ring (bicyclic) bond motifs is 1. The van der Waals surface area contributed by atoms with E-state index in [4.69, 9.17) is 0 Å². The van der Waals surface area contributed by atoms with E-state index in [0.29, 0.717) is 11.5 Å². The lowest BCUT2D eigenvalue weighted by Gasteiger charge is -2.16. The van der Waals surface area contributed by atoms with Gasteiger partial charge in [0.05, 0.1) is 10.1 Å². The molecular weight excluding hydrogens is 452 g/mol. The zero-order valence-corrected chi connectivity index (χ0v) is 21.1. The summed E-state index contributed by atoms with van der Waals surface area (Å²) in [4.78, 5) is 24.3. The lowest BCUT2D eigenvalue weighted by atomic mass is 10.2. The second-order valence-corrected chi connectivity index (χ2v) is 12.2. The number of hydrogen-bond donors (Lipinski definition) is 1. The Morgan fingerprint density at radius 1 is 1.16 bits per heavy atom. The van der Waals surface area contributed by atoms with Crippen molar-refractivity contribution in [3.63, 3.8) is 0 Å². The molecular formula is C21H26N4O3S3. The summed E-state index contributed by atoms with van der Waals surface area (Å²) in [6, 6.07) is 4.73.